The first-order valence-corrected chi connectivity index (χ1v) is 7.36. The highest BCUT2D eigenvalue weighted by atomic mass is 16.2. The highest BCUT2D eigenvalue weighted by molar-refractivity contribution is 5.80. The van der Waals surface area contributed by atoms with Gasteiger partial charge in [0.25, 0.3) is 0 Å². The molecule has 0 saturated carbocycles. The minimum absolute atomic E-state index is 0.221. The minimum Gasteiger partial charge on any atom is -0.376 e. The van der Waals surface area contributed by atoms with Crippen molar-refractivity contribution in [2.24, 2.45) is 5.92 Å². The van der Waals surface area contributed by atoms with Crippen molar-refractivity contribution < 1.29 is 4.79 Å². The fourth-order valence-electron chi connectivity index (χ4n) is 2.72. The lowest BCUT2D eigenvalue weighted by atomic mass is 9.92. The largest absolute Gasteiger partial charge is 0.376 e. The van der Waals surface area contributed by atoms with Crippen LogP contribution in [-0.2, 0) is 4.79 Å². The van der Waals surface area contributed by atoms with E-state index >= 15 is 0 Å². The maximum Gasteiger partial charge on any atom is 0.241 e. The molecule has 1 N–H and O–H groups in total. The zero-order valence-corrected chi connectivity index (χ0v) is 11.8. The van der Waals surface area contributed by atoms with Crippen molar-refractivity contribution in [1.29, 1.82) is 0 Å². The van der Waals surface area contributed by atoms with Crippen molar-refractivity contribution in [3.63, 3.8) is 0 Å². The highest BCUT2D eigenvalue weighted by Crippen LogP contribution is 2.21. The van der Waals surface area contributed by atoms with E-state index in [9.17, 15) is 4.79 Å². The van der Waals surface area contributed by atoms with Gasteiger partial charge in [-0.1, -0.05) is 38.0 Å². The fourth-order valence-corrected chi connectivity index (χ4v) is 2.72. The molecule has 0 radical (unpaired) electrons. The number of para-hydroxylation sites is 1. The Kier molecular flexibility index (Phi) is 5.25. The van der Waals surface area contributed by atoms with E-state index in [1.165, 1.54) is 25.7 Å². The number of rotatable bonds is 5. The summed E-state index contributed by atoms with van der Waals surface area (Å²) in [5.41, 5.74) is 1.01. The number of benzene rings is 1. The van der Waals surface area contributed by atoms with E-state index in [1.54, 1.807) is 0 Å². The van der Waals surface area contributed by atoms with Crippen molar-refractivity contribution in [1.82, 2.24) is 4.90 Å². The number of nitrogens with one attached hydrogen (secondary N) is 1. The molecule has 19 heavy (non-hydrogen) atoms. The predicted molar refractivity (Wildman–Crippen MR) is 79.1 cm³/mol. The van der Waals surface area contributed by atoms with Crippen molar-refractivity contribution in [2.75, 3.05) is 25.0 Å². The molecule has 1 aromatic carbocycles. The fraction of sp³-hybridized carbons (Fsp3) is 0.562. The van der Waals surface area contributed by atoms with E-state index in [-0.39, 0.29) is 5.91 Å². The summed E-state index contributed by atoms with van der Waals surface area (Å²) in [5.74, 6) is 1.05. The number of anilines is 1. The maximum atomic E-state index is 12.1. The van der Waals surface area contributed by atoms with Gasteiger partial charge in [-0.2, -0.15) is 0 Å². The Hall–Kier alpha value is -1.51. The van der Waals surface area contributed by atoms with Gasteiger partial charge in [-0.3, -0.25) is 4.79 Å². The number of piperidine rings is 1. The number of nitrogens with zero attached hydrogens (tertiary/aromatic N) is 1. The number of hydrogen-bond donors (Lipinski definition) is 1. The molecule has 1 fully saturated rings. The molecule has 1 saturated heterocycles. The normalized spacial score (nSPS) is 16.4. The van der Waals surface area contributed by atoms with Crippen molar-refractivity contribution in [3.8, 4) is 0 Å². The first-order chi connectivity index (χ1) is 9.29. The van der Waals surface area contributed by atoms with Crippen LogP contribution in [0.3, 0.4) is 0 Å². The molecule has 3 nitrogen and oxygen atoms in total. The second-order valence-corrected chi connectivity index (χ2v) is 5.33. The Morgan fingerprint density at radius 3 is 2.58 bits per heavy atom. The van der Waals surface area contributed by atoms with Gasteiger partial charge >= 0.3 is 0 Å². The second-order valence-electron chi connectivity index (χ2n) is 5.33. The van der Waals surface area contributed by atoms with E-state index < -0.39 is 0 Å². The molecule has 0 aliphatic carbocycles. The Labute approximate surface area is 116 Å². The van der Waals surface area contributed by atoms with Crippen molar-refractivity contribution in [3.05, 3.63) is 30.3 Å². The predicted octanol–water partition coefficient (Wildman–Crippen LogP) is 3.14. The number of carbonyl (C=O) groups excluding carboxylic acids is 1. The van der Waals surface area contributed by atoms with Crippen LogP contribution in [0.25, 0.3) is 0 Å². The van der Waals surface area contributed by atoms with E-state index in [4.69, 9.17) is 0 Å². The summed E-state index contributed by atoms with van der Waals surface area (Å²) in [6, 6.07) is 9.90. The van der Waals surface area contributed by atoms with Crippen LogP contribution in [0.5, 0.6) is 0 Å². The molecule has 1 amide bonds. The van der Waals surface area contributed by atoms with Crippen LogP contribution in [0.4, 0.5) is 5.69 Å². The zero-order valence-electron chi connectivity index (χ0n) is 11.8. The molecule has 0 unspecified atom stereocenters. The summed E-state index contributed by atoms with van der Waals surface area (Å²) in [5, 5.41) is 3.19. The Morgan fingerprint density at radius 1 is 1.26 bits per heavy atom. The standard InChI is InChI=1S/C16H24N2O/c1-2-6-14-9-11-18(12-10-14)16(19)13-17-15-7-4-3-5-8-15/h3-5,7-8,14,17H,2,6,9-13H2,1H3. The molecule has 1 aliphatic rings. The Bertz CT molecular complexity index is 383. The summed E-state index contributed by atoms with van der Waals surface area (Å²) in [6.45, 7) is 4.50. The van der Waals surface area contributed by atoms with Gasteiger partial charge in [0.05, 0.1) is 6.54 Å². The molecule has 3 heteroatoms. The van der Waals surface area contributed by atoms with Gasteiger partial charge in [0.15, 0.2) is 0 Å². The summed E-state index contributed by atoms with van der Waals surface area (Å²) in [7, 11) is 0. The van der Waals surface area contributed by atoms with Crippen LogP contribution in [0.15, 0.2) is 30.3 Å². The lowest BCUT2D eigenvalue weighted by Gasteiger charge is -2.32. The van der Waals surface area contributed by atoms with Gasteiger partial charge in [-0.15, -0.1) is 0 Å². The van der Waals surface area contributed by atoms with Crippen LogP contribution in [0, 0.1) is 5.92 Å². The first kappa shape index (κ1) is 13.9. The third kappa shape index (κ3) is 4.27. The molecule has 1 aliphatic heterocycles. The summed E-state index contributed by atoms with van der Waals surface area (Å²) in [6.07, 6.45) is 4.91. The van der Waals surface area contributed by atoms with Crippen LogP contribution >= 0.6 is 0 Å². The first-order valence-electron chi connectivity index (χ1n) is 7.36. The number of amides is 1. The van der Waals surface area contributed by atoms with Crippen molar-refractivity contribution >= 4 is 11.6 Å². The monoisotopic (exact) mass is 260 g/mol. The van der Waals surface area contributed by atoms with Gasteiger partial charge in [-0.25, -0.2) is 0 Å². The quantitative estimate of drug-likeness (QED) is 0.882. The maximum absolute atomic E-state index is 12.1. The average Bonchev–Trinajstić information content (AvgIpc) is 2.47. The van der Waals surface area contributed by atoms with Gasteiger partial charge in [0.1, 0.15) is 0 Å². The van der Waals surface area contributed by atoms with Gasteiger partial charge in [-0.05, 0) is 30.9 Å². The third-order valence-electron chi connectivity index (χ3n) is 3.88. The minimum atomic E-state index is 0.221. The highest BCUT2D eigenvalue weighted by Gasteiger charge is 2.21. The molecule has 1 aromatic rings. The summed E-state index contributed by atoms with van der Waals surface area (Å²) < 4.78 is 0. The third-order valence-corrected chi connectivity index (χ3v) is 3.88. The number of hydrogen-bond acceptors (Lipinski definition) is 2. The molecular formula is C16H24N2O. The van der Waals surface area contributed by atoms with Crippen LogP contribution in [0.1, 0.15) is 32.6 Å². The number of carbonyl (C=O) groups is 1. The molecule has 0 atom stereocenters. The van der Waals surface area contributed by atoms with Crippen LogP contribution in [0.2, 0.25) is 0 Å². The Morgan fingerprint density at radius 2 is 1.95 bits per heavy atom. The molecular weight excluding hydrogens is 236 g/mol. The lowest BCUT2D eigenvalue weighted by molar-refractivity contribution is -0.130. The van der Waals surface area contributed by atoms with Gasteiger partial charge < -0.3 is 10.2 Å². The molecule has 0 bridgehead atoms. The molecule has 0 aromatic heterocycles. The van der Waals surface area contributed by atoms with E-state index in [1.807, 2.05) is 35.2 Å². The van der Waals surface area contributed by atoms with E-state index in [2.05, 4.69) is 12.2 Å². The topological polar surface area (TPSA) is 32.3 Å². The van der Waals surface area contributed by atoms with Crippen molar-refractivity contribution in [2.45, 2.75) is 32.6 Å². The summed E-state index contributed by atoms with van der Waals surface area (Å²) in [4.78, 5) is 14.1. The van der Waals surface area contributed by atoms with Crippen LogP contribution < -0.4 is 5.32 Å². The zero-order chi connectivity index (χ0) is 13.5. The lowest BCUT2D eigenvalue weighted by Crippen LogP contribution is -2.41. The van der Waals surface area contributed by atoms with Gasteiger partial charge in [0.2, 0.25) is 5.91 Å². The van der Waals surface area contributed by atoms with E-state index in [0.717, 1.165) is 24.7 Å². The average molecular weight is 260 g/mol. The molecule has 2 rings (SSSR count). The number of likely N-dealkylation sites (tertiary alicyclic amines) is 1. The smallest absolute Gasteiger partial charge is 0.241 e. The second kappa shape index (κ2) is 7.17. The van der Waals surface area contributed by atoms with Gasteiger partial charge in [0, 0.05) is 18.8 Å². The Balaban J connectivity index is 1.73. The van der Waals surface area contributed by atoms with E-state index in [0.29, 0.717) is 6.54 Å². The SMILES string of the molecule is CCCC1CCN(C(=O)CNc2ccccc2)CC1. The molecule has 1 heterocycles. The molecule has 104 valence electrons. The molecule has 0 spiro atoms. The van der Waals surface area contributed by atoms with Crippen LogP contribution in [-0.4, -0.2) is 30.4 Å². The summed E-state index contributed by atoms with van der Waals surface area (Å²) >= 11 is 0.